The van der Waals surface area contributed by atoms with Crippen LogP contribution in [0.3, 0.4) is 0 Å². The number of carboxylic acid groups (broad SMARTS) is 1. The lowest BCUT2D eigenvalue weighted by molar-refractivity contribution is -0.151. The van der Waals surface area contributed by atoms with Gasteiger partial charge in [-0.2, -0.15) is 0 Å². The van der Waals surface area contributed by atoms with Crippen molar-refractivity contribution in [2.75, 3.05) is 0 Å². The van der Waals surface area contributed by atoms with Gasteiger partial charge >= 0.3 is 11.9 Å². The molecule has 0 aliphatic heterocycles. The molecule has 0 radical (unpaired) electrons. The lowest BCUT2D eigenvalue weighted by Crippen LogP contribution is -2.51. The first-order chi connectivity index (χ1) is 18.5. The normalized spacial score (nSPS) is 36.5. The Morgan fingerprint density at radius 3 is 2.38 bits per heavy atom. The maximum atomic E-state index is 12.5. The number of hydrogen-bond acceptors (Lipinski definition) is 3. The van der Waals surface area contributed by atoms with Crippen LogP contribution >= 0.6 is 0 Å². The molecule has 4 rings (SSSR count). The highest BCUT2D eigenvalue weighted by Crippen LogP contribution is 2.67. The molecule has 0 aromatic heterocycles. The maximum Gasteiger partial charge on any atom is 0.306 e. The van der Waals surface area contributed by atoms with Gasteiger partial charge in [-0.3, -0.25) is 9.59 Å². The van der Waals surface area contributed by atoms with Gasteiger partial charge in [0, 0.05) is 19.3 Å². The molecule has 0 spiro atoms. The van der Waals surface area contributed by atoms with Gasteiger partial charge in [0.2, 0.25) is 0 Å². The zero-order valence-corrected chi connectivity index (χ0v) is 25.8. The van der Waals surface area contributed by atoms with Crippen LogP contribution in [0.2, 0.25) is 0 Å². The van der Waals surface area contributed by atoms with E-state index in [4.69, 9.17) is 9.84 Å². The molecule has 4 nitrogen and oxygen atoms in total. The Labute approximate surface area is 239 Å². The second-order valence-electron chi connectivity index (χ2n) is 15.0. The van der Waals surface area contributed by atoms with Gasteiger partial charge < -0.3 is 9.84 Å². The minimum atomic E-state index is -0.737. The van der Waals surface area contributed by atoms with Crippen LogP contribution in [0.1, 0.15) is 144 Å². The van der Waals surface area contributed by atoms with Gasteiger partial charge in [-0.25, -0.2) is 0 Å². The van der Waals surface area contributed by atoms with E-state index in [2.05, 4.69) is 40.7 Å². The monoisotopic (exact) mass is 542 g/mol. The third-order valence-electron chi connectivity index (χ3n) is 12.1. The average Bonchev–Trinajstić information content (AvgIpc) is 3.23. The topological polar surface area (TPSA) is 63.6 Å². The number of aliphatic carboxylic acids is 1. The van der Waals surface area contributed by atoms with Gasteiger partial charge in [-0.05, 0) is 104 Å². The molecule has 1 N–H and O–H groups in total. The molecule has 0 amide bonds. The van der Waals surface area contributed by atoms with E-state index in [0.717, 1.165) is 74.0 Å². The summed E-state index contributed by atoms with van der Waals surface area (Å²) < 4.78 is 5.96. The van der Waals surface area contributed by atoms with Crippen LogP contribution in [-0.4, -0.2) is 23.1 Å². The van der Waals surface area contributed by atoms with Crippen molar-refractivity contribution >= 4 is 11.9 Å². The molecular formula is C35H58O4. The first kappa shape index (κ1) is 30.6. The second-order valence-corrected chi connectivity index (χ2v) is 15.0. The van der Waals surface area contributed by atoms with Crippen molar-refractivity contribution in [1.82, 2.24) is 0 Å². The zero-order valence-electron chi connectivity index (χ0n) is 25.8. The van der Waals surface area contributed by atoms with Crippen LogP contribution in [-0.2, 0) is 14.3 Å². The van der Waals surface area contributed by atoms with E-state index in [0.29, 0.717) is 18.3 Å². The first-order valence-corrected chi connectivity index (χ1v) is 16.7. The zero-order chi connectivity index (χ0) is 28.2. The highest BCUT2D eigenvalue weighted by atomic mass is 16.5. The molecule has 3 saturated carbocycles. The summed E-state index contributed by atoms with van der Waals surface area (Å²) in [6.45, 7) is 12.5. The predicted molar refractivity (Wildman–Crippen MR) is 158 cm³/mol. The largest absolute Gasteiger partial charge is 0.481 e. The molecule has 0 heterocycles. The fourth-order valence-electron chi connectivity index (χ4n) is 9.90. The van der Waals surface area contributed by atoms with Gasteiger partial charge in [-0.1, -0.05) is 78.4 Å². The van der Waals surface area contributed by atoms with Crippen molar-refractivity contribution in [3.63, 3.8) is 0 Å². The number of carbonyl (C=O) groups is 2. The van der Waals surface area contributed by atoms with E-state index >= 15 is 0 Å². The first-order valence-electron chi connectivity index (χ1n) is 16.7. The summed E-state index contributed by atoms with van der Waals surface area (Å²) in [5.41, 5.74) is 2.40. The van der Waals surface area contributed by atoms with Crippen molar-refractivity contribution in [2.45, 2.75) is 150 Å². The fourth-order valence-corrected chi connectivity index (χ4v) is 9.90. The number of carboxylic acids is 1. The standard InChI is InChI=1S/C35H58O4/c1-24(2)11-10-12-25(3)29-17-18-30-28-16-15-26-23-27(39-33(38)14-9-7-6-8-13-32(36)37)19-21-34(26,4)31(28)20-22-35(29,30)5/h15,24-25,27-31H,6-14,16-23H2,1-5H3,(H,36,37)/t25-,27?,28+,29-,30+,31+,34+,35-/m1/s1. The van der Waals surface area contributed by atoms with Crippen molar-refractivity contribution < 1.29 is 19.4 Å². The van der Waals surface area contributed by atoms with Crippen LogP contribution in [0.15, 0.2) is 11.6 Å². The number of carbonyl (C=O) groups excluding carboxylic acids is 1. The minimum Gasteiger partial charge on any atom is -0.481 e. The van der Waals surface area contributed by atoms with Gasteiger partial charge in [0.05, 0.1) is 0 Å². The fraction of sp³-hybridized carbons (Fsp3) is 0.886. The van der Waals surface area contributed by atoms with Crippen LogP contribution < -0.4 is 0 Å². The third-order valence-corrected chi connectivity index (χ3v) is 12.1. The summed E-state index contributed by atoms with van der Waals surface area (Å²) in [5.74, 6) is 4.30. The highest BCUT2D eigenvalue weighted by molar-refractivity contribution is 5.69. The minimum absolute atomic E-state index is 0.0387. The molecule has 39 heavy (non-hydrogen) atoms. The third kappa shape index (κ3) is 6.95. The second kappa shape index (κ2) is 13.1. The summed E-state index contributed by atoms with van der Waals surface area (Å²) in [7, 11) is 0. The van der Waals surface area contributed by atoms with E-state index in [-0.39, 0.29) is 23.9 Å². The van der Waals surface area contributed by atoms with Crippen LogP contribution in [0, 0.1) is 46.3 Å². The highest BCUT2D eigenvalue weighted by Gasteiger charge is 2.59. The smallest absolute Gasteiger partial charge is 0.306 e. The number of allylic oxidation sites excluding steroid dienone is 1. The van der Waals surface area contributed by atoms with Crippen LogP contribution in [0.25, 0.3) is 0 Å². The van der Waals surface area contributed by atoms with Gasteiger partial charge in [0.25, 0.3) is 0 Å². The summed E-state index contributed by atoms with van der Waals surface area (Å²) in [6.07, 6.45) is 20.7. The number of ether oxygens (including phenoxy) is 1. The quantitative estimate of drug-likeness (QED) is 0.143. The lowest BCUT2D eigenvalue weighted by Gasteiger charge is -2.58. The Bertz CT molecular complexity index is 876. The Morgan fingerprint density at radius 2 is 1.67 bits per heavy atom. The van der Waals surface area contributed by atoms with Crippen molar-refractivity contribution in [3.05, 3.63) is 11.6 Å². The molecule has 0 aromatic carbocycles. The maximum absolute atomic E-state index is 12.5. The van der Waals surface area contributed by atoms with Gasteiger partial charge in [0.1, 0.15) is 6.10 Å². The van der Waals surface area contributed by atoms with E-state index in [9.17, 15) is 9.59 Å². The molecule has 222 valence electrons. The van der Waals surface area contributed by atoms with Crippen molar-refractivity contribution in [3.8, 4) is 0 Å². The lowest BCUT2D eigenvalue weighted by atomic mass is 9.47. The Balaban J connectivity index is 1.30. The van der Waals surface area contributed by atoms with Crippen molar-refractivity contribution in [1.29, 1.82) is 0 Å². The molecule has 0 bridgehead atoms. The summed E-state index contributed by atoms with van der Waals surface area (Å²) in [6, 6.07) is 0. The molecule has 8 atom stereocenters. The number of rotatable bonds is 13. The van der Waals surface area contributed by atoms with E-state index in [1.54, 1.807) is 5.57 Å². The Kier molecular flexibility index (Phi) is 10.3. The van der Waals surface area contributed by atoms with Gasteiger partial charge in [-0.15, -0.1) is 0 Å². The van der Waals surface area contributed by atoms with Crippen molar-refractivity contribution in [2.24, 2.45) is 46.3 Å². The van der Waals surface area contributed by atoms with Crippen LogP contribution in [0.4, 0.5) is 0 Å². The molecule has 4 aliphatic carbocycles. The molecule has 1 unspecified atom stereocenters. The Hall–Kier alpha value is -1.32. The van der Waals surface area contributed by atoms with E-state index in [1.165, 1.54) is 51.4 Å². The molecular weight excluding hydrogens is 484 g/mol. The molecule has 3 fully saturated rings. The van der Waals surface area contributed by atoms with E-state index < -0.39 is 5.97 Å². The summed E-state index contributed by atoms with van der Waals surface area (Å²) in [5, 5.41) is 8.75. The number of unbranched alkanes of at least 4 members (excludes halogenated alkanes) is 3. The number of esters is 1. The molecule has 0 saturated heterocycles. The number of hydrogen-bond donors (Lipinski definition) is 1. The van der Waals surface area contributed by atoms with Gasteiger partial charge in [0.15, 0.2) is 0 Å². The summed E-state index contributed by atoms with van der Waals surface area (Å²) in [4.78, 5) is 23.2. The predicted octanol–water partition coefficient (Wildman–Crippen LogP) is 9.36. The Morgan fingerprint density at radius 1 is 0.923 bits per heavy atom. The molecule has 0 aromatic rings. The molecule has 4 heteroatoms. The average molecular weight is 543 g/mol. The SMILES string of the molecule is CC(C)CCC[C@@H](C)[C@H]1CC[C@H]2[C@@H]3CC=C4CC(OC(=O)CCCCCCC(=O)O)CC[C@]4(C)[C@H]3CC[C@]12C. The molecule has 4 aliphatic rings. The number of fused-ring (bicyclic) bond motifs is 5. The van der Waals surface area contributed by atoms with Crippen LogP contribution in [0.5, 0.6) is 0 Å². The summed E-state index contributed by atoms with van der Waals surface area (Å²) >= 11 is 0. The van der Waals surface area contributed by atoms with E-state index in [1.807, 2.05) is 0 Å².